The summed E-state index contributed by atoms with van der Waals surface area (Å²) in [5, 5.41) is 8.44. The zero-order valence-corrected chi connectivity index (χ0v) is 10.0. The van der Waals surface area contributed by atoms with Crippen molar-refractivity contribution in [2.75, 3.05) is 26.4 Å². The molecule has 98 valence electrons. The summed E-state index contributed by atoms with van der Waals surface area (Å²) in [7, 11) is 0. The first-order valence-corrected chi connectivity index (χ1v) is 5.66. The van der Waals surface area contributed by atoms with Crippen molar-refractivity contribution < 1.29 is 24.2 Å². The molecule has 1 aromatic carbocycles. The Morgan fingerprint density at radius 3 is 2.44 bits per heavy atom. The Labute approximate surface area is 105 Å². The molecule has 0 aliphatic carbocycles. The molecule has 0 aliphatic rings. The third-order valence-corrected chi connectivity index (χ3v) is 2.13. The van der Waals surface area contributed by atoms with Gasteiger partial charge in [0.25, 0.3) is 0 Å². The van der Waals surface area contributed by atoms with Crippen LogP contribution in [0, 0.1) is 0 Å². The number of rotatable bonds is 8. The number of hydrogen-bond acceptors (Lipinski definition) is 5. The lowest BCUT2D eigenvalue weighted by atomic mass is 10.1. The van der Waals surface area contributed by atoms with Crippen LogP contribution in [0.4, 0.5) is 0 Å². The number of Topliss-reactive ketones (excluding diaryl/α,β-unsaturated/α-hetero) is 1. The average molecular weight is 252 g/mol. The molecule has 1 N–H and O–H groups in total. The second-order valence-electron chi connectivity index (χ2n) is 3.52. The fourth-order valence-electron chi connectivity index (χ4n) is 1.29. The number of ether oxygens (including phenoxy) is 2. The lowest BCUT2D eigenvalue weighted by molar-refractivity contribution is -0.144. The first kappa shape index (κ1) is 14.3. The van der Waals surface area contributed by atoms with E-state index in [-0.39, 0.29) is 38.6 Å². The zero-order chi connectivity index (χ0) is 13.2. The summed E-state index contributed by atoms with van der Waals surface area (Å²) in [5.41, 5.74) is 0.492. The van der Waals surface area contributed by atoms with E-state index >= 15 is 0 Å². The Balaban J connectivity index is 2.22. The molecule has 0 fully saturated rings. The van der Waals surface area contributed by atoms with E-state index in [4.69, 9.17) is 14.6 Å². The van der Waals surface area contributed by atoms with Gasteiger partial charge in [-0.2, -0.15) is 0 Å². The van der Waals surface area contributed by atoms with E-state index in [1.165, 1.54) is 0 Å². The van der Waals surface area contributed by atoms with Crippen molar-refractivity contribution >= 4 is 11.8 Å². The molecule has 1 aromatic rings. The van der Waals surface area contributed by atoms with Crippen LogP contribution in [0.5, 0.6) is 0 Å². The number of aliphatic hydroxyl groups excluding tert-OH is 1. The number of hydrogen-bond donors (Lipinski definition) is 1. The van der Waals surface area contributed by atoms with Gasteiger partial charge in [0, 0.05) is 5.56 Å². The molecule has 5 nitrogen and oxygen atoms in total. The van der Waals surface area contributed by atoms with Crippen LogP contribution in [0.2, 0.25) is 0 Å². The van der Waals surface area contributed by atoms with Crippen molar-refractivity contribution in [2.24, 2.45) is 0 Å². The number of carbonyl (C=O) groups is 2. The third kappa shape index (κ3) is 5.56. The largest absolute Gasteiger partial charge is 0.463 e. The molecule has 0 amide bonds. The van der Waals surface area contributed by atoms with Gasteiger partial charge >= 0.3 is 5.97 Å². The quantitative estimate of drug-likeness (QED) is 0.321. The molecular formula is C13H16O5. The van der Waals surface area contributed by atoms with Crippen LogP contribution in [0.15, 0.2) is 30.3 Å². The van der Waals surface area contributed by atoms with E-state index in [9.17, 15) is 9.59 Å². The molecule has 1 rings (SSSR count). The van der Waals surface area contributed by atoms with Crippen molar-refractivity contribution in [3.63, 3.8) is 0 Å². The normalized spacial score (nSPS) is 10.1. The second kappa shape index (κ2) is 8.38. The average Bonchev–Trinajstić information content (AvgIpc) is 2.39. The van der Waals surface area contributed by atoms with Gasteiger partial charge in [0.05, 0.1) is 19.8 Å². The SMILES string of the molecule is O=C(CC(=O)c1ccccc1)OCCOCCO. The van der Waals surface area contributed by atoms with Gasteiger partial charge in [-0.3, -0.25) is 9.59 Å². The van der Waals surface area contributed by atoms with Crippen molar-refractivity contribution in [2.45, 2.75) is 6.42 Å². The highest BCUT2D eigenvalue weighted by atomic mass is 16.6. The van der Waals surface area contributed by atoms with Crippen LogP contribution in [0.3, 0.4) is 0 Å². The summed E-state index contributed by atoms with van der Waals surface area (Å²) in [4.78, 5) is 22.9. The number of benzene rings is 1. The van der Waals surface area contributed by atoms with E-state index in [1.54, 1.807) is 30.3 Å². The number of carbonyl (C=O) groups excluding carboxylic acids is 2. The van der Waals surface area contributed by atoms with Gasteiger partial charge in [0.1, 0.15) is 13.0 Å². The van der Waals surface area contributed by atoms with Crippen molar-refractivity contribution in [3.8, 4) is 0 Å². The standard InChI is InChI=1S/C13H16O5/c14-6-7-17-8-9-18-13(16)10-12(15)11-4-2-1-3-5-11/h1-5,14H,6-10H2. The summed E-state index contributed by atoms with van der Waals surface area (Å²) in [6, 6.07) is 8.58. The van der Waals surface area contributed by atoms with Crippen molar-refractivity contribution in [3.05, 3.63) is 35.9 Å². The number of aliphatic hydroxyl groups is 1. The molecule has 0 radical (unpaired) electrons. The van der Waals surface area contributed by atoms with Crippen LogP contribution >= 0.6 is 0 Å². The second-order valence-corrected chi connectivity index (χ2v) is 3.52. The molecule has 0 aliphatic heterocycles. The van der Waals surface area contributed by atoms with E-state index < -0.39 is 5.97 Å². The maximum atomic E-state index is 11.6. The Hall–Kier alpha value is -1.72. The topological polar surface area (TPSA) is 72.8 Å². The molecule has 0 heterocycles. The van der Waals surface area contributed by atoms with Crippen molar-refractivity contribution in [1.82, 2.24) is 0 Å². The van der Waals surface area contributed by atoms with Gasteiger partial charge in [0.2, 0.25) is 0 Å². The van der Waals surface area contributed by atoms with Crippen LogP contribution in [-0.4, -0.2) is 43.3 Å². The van der Waals surface area contributed by atoms with Gasteiger partial charge in [0.15, 0.2) is 5.78 Å². The van der Waals surface area contributed by atoms with Gasteiger partial charge in [-0.15, -0.1) is 0 Å². The molecule has 0 atom stereocenters. The minimum Gasteiger partial charge on any atom is -0.463 e. The summed E-state index contributed by atoms with van der Waals surface area (Å²) in [6.45, 7) is 0.438. The molecule has 0 saturated carbocycles. The van der Waals surface area contributed by atoms with Crippen LogP contribution in [0.25, 0.3) is 0 Å². The monoisotopic (exact) mass is 252 g/mol. The molecule has 0 aromatic heterocycles. The van der Waals surface area contributed by atoms with E-state index in [2.05, 4.69) is 0 Å². The highest BCUT2D eigenvalue weighted by Crippen LogP contribution is 2.03. The summed E-state index contributed by atoms with van der Waals surface area (Å²) in [6.07, 6.45) is -0.274. The first-order valence-electron chi connectivity index (χ1n) is 5.66. The van der Waals surface area contributed by atoms with Gasteiger partial charge in [-0.05, 0) is 0 Å². The smallest absolute Gasteiger partial charge is 0.313 e. The maximum Gasteiger partial charge on any atom is 0.313 e. The minimum atomic E-state index is -0.573. The predicted octanol–water partition coefficient (Wildman–Crippen LogP) is 0.812. The van der Waals surface area contributed by atoms with Crippen LogP contribution in [-0.2, 0) is 14.3 Å². The van der Waals surface area contributed by atoms with Crippen LogP contribution in [0.1, 0.15) is 16.8 Å². The van der Waals surface area contributed by atoms with E-state index in [0.29, 0.717) is 5.56 Å². The lowest BCUT2D eigenvalue weighted by Crippen LogP contribution is -2.15. The fraction of sp³-hybridized carbons (Fsp3) is 0.385. The van der Waals surface area contributed by atoms with Crippen LogP contribution < -0.4 is 0 Å². The Bertz CT molecular complexity index is 374. The minimum absolute atomic E-state index is 0.0690. The fourth-order valence-corrected chi connectivity index (χ4v) is 1.29. The number of ketones is 1. The Kier molecular flexibility index (Phi) is 6.68. The molecule has 0 spiro atoms. The highest BCUT2D eigenvalue weighted by molar-refractivity contribution is 6.05. The number of esters is 1. The van der Waals surface area contributed by atoms with E-state index in [0.717, 1.165) is 0 Å². The molecule has 5 heteroatoms. The Morgan fingerprint density at radius 2 is 1.78 bits per heavy atom. The zero-order valence-electron chi connectivity index (χ0n) is 10.0. The summed E-state index contributed by atoms with van der Waals surface area (Å²) >= 11 is 0. The molecule has 0 unspecified atom stereocenters. The van der Waals surface area contributed by atoms with Gasteiger partial charge < -0.3 is 14.6 Å². The Morgan fingerprint density at radius 1 is 1.06 bits per heavy atom. The molecule has 18 heavy (non-hydrogen) atoms. The maximum absolute atomic E-state index is 11.6. The molecule has 0 saturated heterocycles. The summed E-state index contributed by atoms with van der Waals surface area (Å²) < 4.78 is 9.73. The van der Waals surface area contributed by atoms with Gasteiger partial charge in [-0.1, -0.05) is 30.3 Å². The molecular weight excluding hydrogens is 236 g/mol. The third-order valence-electron chi connectivity index (χ3n) is 2.13. The van der Waals surface area contributed by atoms with E-state index in [1.807, 2.05) is 0 Å². The predicted molar refractivity (Wildman–Crippen MR) is 64.3 cm³/mol. The first-order chi connectivity index (χ1) is 8.74. The van der Waals surface area contributed by atoms with Crippen molar-refractivity contribution in [1.29, 1.82) is 0 Å². The summed E-state index contributed by atoms with van der Waals surface area (Å²) in [5.74, 6) is -0.840. The lowest BCUT2D eigenvalue weighted by Gasteiger charge is -2.05. The highest BCUT2D eigenvalue weighted by Gasteiger charge is 2.12. The molecule has 0 bridgehead atoms. The van der Waals surface area contributed by atoms with Gasteiger partial charge in [-0.25, -0.2) is 0 Å².